The van der Waals surface area contributed by atoms with Gasteiger partial charge in [-0.15, -0.1) is 10.2 Å². The summed E-state index contributed by atoms with van der Waals surface area (Å²) in [5.41, 5.74) is 6.13. The molecule has 0 fully saturated rings. The van der Waals surface area contributed by atoms with Gasteiger partial charge in [0.1, 0.15) is 6.61 Å². The Morgan fingerprint density at radius 2 is 1.85 bits per heavy atom. The zero-order valence-electron chi connectivity index (χ0n) is 19.0. The van der Waals surface area contributed by atoms with Crippen LogP contribution in [0, 0.1) is 5.82 Å². The van der Waals surface area contributed by atoms with Crippen LogP contribution in [0.25, 0.3) is 0 Å². The van der Waals surface area contributed by atoms with Gasteiger partial charge < -0.3 is 20.5 Å². The average molecular weight is 488 g/mol. The van der Waals surface area contributed by atoms with E-state index in [0.717, 1.165) is 0 Å². The third kappa shape index (κ3) is 6.33. The van der Waals surface area contributed by atoms with Crippen LogP contribution in [0.1, 0.15) is 36.1 Å². The topological polar surface area (TPSA) is 121 Å². The van der Waals surface area contributed by atoms with Crippen LogP contribution in [0.3, 0.4) is 0 Å². The first-order valence-electron chi connectivity index (χ1n) is 10.5. The highest BCUT2D eigenvalue weighted by molar-refractivity contribution is 8.00. The molecule has 0 aliphatic heterocycles. The van der Waals surface area contributed by atoms with E-state index in [1.807, 2.05) is 11.5 Å². The minimum absolute atomic E-state index is 0.00463. The largest absolute Gasteiger partial charge is 0.483 e. The van der Waals surface area contributed by atoms with Gasteiger partial charge in [-0.3, -0.25) is 14.2 Å². The molecule has 1 aromatic heterocycles. The van der Waals surface area contributed by atoms with E-state index in [1.165, 1.54) is 23.9 Å². The lowest BCUT2D eigenvalue weighted by Crippen LogP contribution is -2.24. The van der Waals surface area contributed by atoms with Gasteiger partial charge >= 0.3 is 0 Å². The molecule has 0 unspecified atom stereocenters. The van der Waals surface area contributed by atoms with Crippen LogP contribution >= 0.6 is 11.8 Å². The second kappa shape index (κ2) is 11.6. The molecule has 1 heterocycles. The molecule has 3 aromatic rings. The number of halogens is 1. The first kappa shape index (κ1) is 25.2. The summed E-state index contributed by atoms with van der Waals surface area (Å²) in [7, 11) is 1.59. The summed E-state index contributed by atoms with van der Waals surface area (Å²) < 4.78 is 26.6. The van der Waals surface area contributed by atoms with E-state index in [0.29, 0.717) is 28.8 Å². The molecule has 34 heavy (non-hydrogen) atoms. The first-order valence-corrected chi connectivity index (χ1v) is 11.4. The molecule has 0 saturated carbocycles. The predicted octanol–water partition coefficient (Wildman–Crippen LogP) is 3.42. The highest BCUT2D eigenvalue weighted by atomic mass is 32.2. The SMILES string of the molecule is COC[C@@H](C)n1c(COc2ccccc2F)nnc1S[C@@H](C)C(=O)Nc1ccc(C(N)=O)cc1. The smallest absolute Gasteiger partial charge is 0.248 e. The summed E-state index contributed by atoms with van der Waals surface area (Å²) in [6.07, 6.45) is 0. The van der Waals surface area contributed by atoms with E-state index in [4.69, 9.17) is 15.2 Å². The van der Waals surface area contributed by atoms with Gasteiger partial charge in [0.15, 0.2) is 22.5 Å². The fourth-order valence-corrected chi connectivity index (χ4v) is 4.09. The van der Waals surface area contributed by atoms with Crippen molar-refractivity contribution < 1.29 is 23.5 Å². The van der Waals surface area contributed by atoms with Crippen LogP contribution in [0.2, 0.25) is 0 Å². The van der Waals surface area contributed by atoms with E-state index in [1.54, 1.807) is 50.4 Å². The van der Waals surface area contributed by atoms with Gasteiger partial charge in [-0.25, -0.2) is 4.39 Å². The molecule has 0 saturated heterocycles. The maximum absolute atomic E-state index is 13.9. The molecule has 3 N–H and O–H groups in total. The molecular formula is C23H26FN5O4S. The Morgan fingerprint density at radius 1 is 1.15 bits per heavy atom. The number of hydrogen-bond acceptors (Lipinski definition) is 7. The number of anilines is 1. The lowest BCUT2D eigenvalue weighted by molar-refractivity contribution is -0.115. The molecule has 2 aromatic carbocycles. The molecule has 0 aliphatic carbocycles. The molecule has 9 nitrogen and oxygen atoms in total. The number of benzene rings is 2. The van der Waals surface area contributed by atoms with E-state index >= 15 is 0 Å². The minimum atomic E-state index is -0.541. The molecular weight excluding hydrogens is 461 g/mol. The summed E-state index contributed by atoms with van der Waals surface area (Å²) in [6.45, 7) is 4.04. The van der Waals surface area contributed by atoms with Crippen molar-refractivity contribution in [2.75, 3.05) is 19.0 Å². The fraction of sp³-hybridized carbons (Fsp3) is 0.304. The highest BCUT2D eigenvalue weighted by Gasteiger charge is 2.23. The number of hydrogen-bond donors (Lipinski definition) is 2. The summed E-state index contributed by atoms with van der Waals surface area (Å²) in [4.78, 5) is 23.9. The molecule has 0 bridgehead atoms. The third-order valence-electron chi connectivity index (χ3n) is 4.87. The van der Waals surface area contributed by atoms with Crippen molar-refractivity contribution in [3.63, 3.8) is 0 Å². The maximum atomic E-state index is 13.9. The van der Waals surface area contributed by atoms with Crippen molar-refractivity contribution in [1.82, 2.24) is 14.8 Å². The number of thioether (sulfide) groups is 1. The number of ether oxygens (including phenoxy) is 2. The number of rotatable bonds is 11. The summed E-state index contributed by atoms with van der Waals surface area (Å²) in [6, 6.07) is 12.3. The number of carbonyl (C=O) groups is 2. The minimum Gasteiger partial charge on any atom is -0.483 e. The van der Waals surface area contributed by atoms with Gasteiger partial charge in [-0.05, 0) is 50.2 Å². The Bertz CT molecular complexity index is 1140. The predicted molar refractivity (Wildman–Crippen MR) is 126 cm³/mol. The molecule has 180 valence electrons. The second-order valence-corrected chi connectivity index (χ2v) is 8.79. The summed E-state index contributed by atoms with van der Waals surface area (Å²) >= 11 is 1.22. The standard InChI is InChI=1S/C23H26FN5O4S/c1-14(12-32-3)29-20(13-33-19-7-5-4-6-18(19)24)27-28-23(29)34-15(2)22(31)26-17-10-8-16(9-11-17)21(25)30/h4-11,14-15H,12-13H2,1-3H3,(H2,25,30)(H,26,31)/t14-,15+/m1/s1. The Morgan fingerprint density at radius 3 is 2.50 bits per heavy atom. The van der Waals surface area contributed by atoms with Gasteiger partial charge in [-0.1, -0.05) is 23.9 Å². The third-order valence-corrected chi connectivity index (χ3v) is 5.92. The number of amides is 2. The number of primary amides is 1. The number of para-hydroxylation sites is 1. The quantitative estimate of drug-likeness (QED) is 0.398. The molecule has 2 atom stereocenters. The van der Waals surface area contributed by atoms with Crippen molar-refractivity contribution in [3.8, 4) is 5.75 Å². The van der Waals surface area contributed by atoms with Crippen LogP contribution in [-0.2, 0) is 16.1 Å². The lowest BCUT2D eigenvalue weighted by Gasteiger charge is -2.19. The van der Waals surface area contributed by atoms with Gasteiger partial charge in [-0.2, -0.15) is 0 Å². The van der Waals surface area contributed by atoms with Crippen LogP contribution in [0.5, 0.6) is 5.75 Å². The van der Waals surface area contributed by atoms with E-state index < -0.39 is 17.0 Å². The number of nitrogens with one attached hydrogen (secondary N) is 1. The molecule has 0 aliphatic rings. The number of methoxy groups -OCH3 is 1. The number of carbonyl (C=O) groups excluding carboxylic acids is 2. The van der Waals surface area contributed by atoms with Gasteiger partial charge in [0.25, 0.3) is 0 Å². The Kier molecular flexibility index (Phi) is 8.61. The van der Waals surface area contributed by atoms with Crippen LogP contribution in [-0.4, -0.2) is 45.5 Å². The molecule has 0 spiro atoms. The molecule has 0 radical (unpaired) electrons. The Hall–Kier alpha value is -3.44. The van der Waals surface area contributed by atoms with Crippen molar-refractivity contribution in [2.24, 2.45) is 5.73 Å². The van der Waals surface area contributed by atoms with Crippen molar-refractivity contribution in [2.45, 2.75) is 36.9 Å². The van der Waals surface area contributed by atoms with E-state index in [2.05, 4.69) is 15.5 Å². The second-order valence-electron chi connectivity index (χ2n) is 7.48. The molecule has 3 rings (SSSR count). The molecule has 11 heteroatoms. The number of aromatic nitrogens is 3. The van der Waals surface area contributed by atoms with Crippen molar-refractivity contribution in [3.05, 3.63) is 65.7 Å². The first-order chi connectivity index (χ1) is 16.3. The van der Waals surface area contributed by atoms with Crippen LogP contribution in [0.4, 0.5) is 10.1 Å². The van der Waals surface area contributed by atoms with Crippen LogP contribution < -0.4 is 15.8 Å². The summed E-state index contributed by atoms with van der Waals surface area (Å²) in [5, 5.41) is 11.2. The Labute approximate surface area is 200 Å². The van der Waals surface area contributed by atoms with E-state index in [9.17, 15) is 14.0 Å². The van der Waals surface area contributed by atoms with E-state index in [-0.39, 0.29) is 24.3 Å². The van der Waals surface area contributed by atoms with Crippen LogP contribution in [0.15, 0.2) is 53.7 Å². The zero-order valence-corrected chi connectivity index (χ0v) is 19.8. The Balaban J connectivity index is 1.72. The number of nitrogens with zero attached hydrogens (tertiary/aromatic N) is 3. The zero-order chi connectivity index (χ0) is 24.7. The van der Waals surface area contributed by atoms with Crippen molar-refractivity contribution >= 4 is 29.3 Å². The van der Waals surface area contributed by atoms with Gasteiger partial charge in [0.05, 0.1) is 17.9 Å². The summed E-state index contributed by atoms with van der Waals surface area (Å²) in [5.74, 6) is -0.677. The molecule has 2 amide bonds. The maximum Gasteiger partial charge on any atom is 0.248 e. The van der Waals surface area contributed by atoms with Crippen molar-refractivity contribution in [1.29, 1.82) is 0 Å². The van der Waals surface area contributed by atoms with Gasteiger partial charge in [0, 0.05) is 18.4 Å². The monoisotopic (exact) mass is 487 g/mol. The normalized spacial score (nSPS) is 12.7. The van der Waals surface area contributed by atoms with Gasteiger partial charge in [0.2, 0.25) is 11.8 Å². The fourth-order valence-electron chi connectivity index (χ4n) is 3.12. The number of nitrogens with two attached hydrogens (primary N) is 1. The highest BCUT2D eigenvalue weighted by Crippen LogP contribution is 2.27. The lowest BCUT2D eigenvalue weighted by atomic mass is 10.2. The average Bonchev–Trinajstić information content (AvgIpc) is 3.21.